The van der Waals surface area contributed by atoms with Crippen molar-refractivity contribution in [1.29, 1.82) is 0 Å². The lowest BCUT2D eigenvalue weighted by Gasteiger charge is -2.24. The predicted octanol–water partition coefficient (Wildman–Crippen LogP) is 0.751. The zero-order valence-corrected chi connectivity index (χ0v) is 8.91. The minimum absolute atomic E-state index is 0.0400. The Morgan fingerprint density at radius 2 is 2.15 bits per heavy atom. The van der Waals surface area contributed by atoms with Crippen molar-refractivity contribution in [3.63, 3.8) is 0 Å². The fourth-order valence-corrected chi connectivity index (χ4v) is 1.94. The van der Waals surface area contributed by atoms with Crippen molar-refractivity contribution in [1.82, 2.24) is 0 Å². The molecule has 0 aromatic carbocycles. The molecule has 0 bridgehead atoms. The van der Waals surface area contributed by atoms with E-state index in [0.717, 1.165) is 0 Å². The van der Waals surface area contributed by atoms with Crippen molar-refractivity contribution in [3.05, 3.63) is 0 Å². The lowest BCUT2D eigenvalue weighted by Crippen LogP contribution is -2.23. The first-order valence-electron chi connectivity index (χ1n) is 3.63. The van der Waals surface area contributed by atoms with Crippen LogP contribution in [0.1, 0.15) is 0 Å². The molecule has 0 amide bonds. The van der Waals surface area contributed by atoms with Gasteiger partial charge >= 0.3 is 17.2 Å². The molecule has 1 aliphatic heterocycles. The molecule has 1 rings (SSSR count). The molecule has 0 aliphatic carbocycles. The molecule has 0 aromatic rings. The SMILES string of the molecule is COP(O)OCC1COP(O)OC1. The lowest BCUT2D eigenvalue weighted by molar-refractivity contribution is 0.0588. The Morgan fingerprint density at radius 1 is 1.54 bits per heavy atom. The summed E-state index contributed by atoms with van der Waals surface area (Å²) in [7, 11) is -2.11. The van der Waals surface area contributed by atoms with Crippen molar-refractivity contribution < 1.29 is 27.9 Å². The van der Waals surface area contributed by atoms with Crippen LogP contribution in [0.3, 0.4) is 0 Å². The van der Waals surface area contributed by atoms with Crippen LogP contribution in [0.15, 0.2) is 0 Å². The van der Waals surface area contributed by atoms with Gasteiger partial charge in [0.05, 0.1) is 19.8 Å². The summed E-state index contributed by atoms with van der Waals surface area (Å²) < 4.78 is 19.2. The third-order valence-electron chi connectivity index (χ3n) is 1.42. The van der Waals surface area contributed by atoms with Crippen LogP contribution >= 0.6 is 17.2 Å². The van der Waals surface area contributed by atoms with Gasteiger partial charge in [-0.3, -0.25) is 0 Å². The summed E-state index contributed by atoms with van der Waals surface area (Å²) in [6, 6.07) is 0. The van der Waals surface area contributed by atoms with Gasteiger partial charge in [-0.1, -0.05) is 0 Å². The van der Waals surface area contributed by atoms with E-state index in [4.69, 9.17) is 23.4 Å². The average molecular weight is 230 g/mol. The van der Waals surface area contributed by atoms with E-state index in [2.05, 4.69) is 4.52 Å². The van der Waals surface area contributed by atoms with Gasteiger partial charge in [-0.2, -0.15) is 0 Å². The van der Waals surface area contributed by atoms with E-state index in [1.165, 1.54) is 7.11 Å². The maximum atomic E-state index is 8.93. The van der Waals surface area contributed by atoms with Crippen LogP contribution in [0.4, 0.5) is 0 Å². The first-order valence-corrected chi connectivity index (χ1v) is 5.89. The standard InChI is InChI=1S/C5H12O6P2/c1-8-12(6)9-2-5-3-10-13(7)11-4-5/h5-7H,2-4H2,1H3. The Bertz CT molecular complexity index is 139. The van der Waals surface area contributed by atoms with Gasteiger partial charge in [0.2, 0.25) is 0 Å². The van der Waals surface area contributed by atoms with Gasteiger partial charge in [-0.25, -0.2) is 0 Å². The number of hydrogen-bond acceptors (Lipinski definition) is 6. The highest BCUT2D eigenvalue weighted by Gasteiger charge is 2.22. The van der Waals surface area contributed by atoms with Crippen molar-refractivity contribution in [3.8, 4) is 0 Å². The monoisotopic (exact) mass is 230 g/mol. The third-order valence-corrected chi connectivity index (χ3v) is 2.84. The zero-order valence-electron chi connectivity index (χ0n) is 7.12. The van der Waals surface area contributed by atoms with Crippen LogP contribution in [-0.2, 0) is 18.1 Å². The Labute approximate surface area is 78.8 Å². The van der Waals surface area contributed by atoms with Gasteiger partial charge in [0.25, 0.3) is 0 Å². The summed E-state index contributed by atoms with van der Waals surface area (Å²) >= 11 is 0. The van der Waals surface area contributed by atoms with Crippen LogP contribution in [0.2, 0.25) is 0 Å². The number of rotatable bonds is 4. The van der Waals surface area contributed by atoms with E-state index in [1.54, 1.807) is 0 Å². The van der Waals surface area contributed by atoms with E-state index in [1.807, 2.05) is 0 Å². The summed E-state index contributed by atoms with van der Waals surface area (Å²) in [5.41, 5.74) is 0. The van der Waals surface area contributed by atoms with E-state index < -0.39 is 17.2 Å². The van der Waals surface area contributed by atoms with Gasteiger partial charge in [0.15, 0.2) is 0 Å². The van der Waals surface area contributed by atoms with Gasteiger partial charge in [0.1, 0.15) is 0 Å². The molecule has 0 spiro atoms. The van der Waals surface area contributed by atoms with Crippen molar-refractivity contribution >= 4 is 17.2 Å². The number of hydrogen-bond donors (Lipinski definition) is 2. The molecule has 6 nitrogen and oxygen atoms in total. The van der Waals surface area contributed by atoms with Crippen LogP contribution < -0.4 is 0 Å². The second-order valence-electron chi connectivity index (χ2n) is 2.41. The topological polar surface area (TPSA) is 77.4 Å². The van der Waals surface area contributed by atoms with Crippen LogP contribution in [0.25, 0.3) is 0 Å². The minimum atomic E-state index is -1.78. The molecule has 8 heteroatoms. The molecule has 13 heavy (non-hydrogen) atoms. The first-order chi connectivity index (χ1) is 6.22. The smallest absolute Gasteiger partial charge is 0.328 e. The molecule has 2 N–H and O–H groups in total. The molecule has 1 aliphatic rings. The Morgan fingerprint density at radius 3 is 2.69 bits per heavy atom. The van der Waals surface area contributed by atoms with Crippen molar-refractivity contribution in [2.75, 3.05) is 26.9 Å². The normalized spacial score (nSPS) is 31.6. The minimum Gasteiger partial charge on any atom is -0.328 e. The molecule has 1 fully saturated rings. The Hall–Kier alpha value is 0.620. The summed E-state index contributed by atoms with van der Waals surface area (Å²) in [6.07, 6.45) is 0. The van der Waals surface area contributed by atoms with Gasteiger partial charge in [0, 0.05) is 13.0 Å². The molecule has 1 heterocycles. The molecule has 0 aromatic heterocycles. The molecular formula is C5H12O6P2. The average Bonchev–Trinajstić information content (AvgIpc) is 2.16. The largest absolute Gasteiger partial charge is 0.329 e. The third kappa shape index (κ3) is 4.58. The van der Waals surface area contributed by atoms with Crippen LogP contribution in [0.5, 0.6) is 0 Å². The van der Waals surface area contributed by atoms with Crippen LogP contribution in [0, 0.1) is 5.92 Å². The van der Waals surface area contributed by atoms with E-state index in [9.17, 15) is 0 Å². The van der Waals surface area contributed by atoms with Gasteiger partial charge < -0.3 is 27.9 Å². The Kier molecular flexibility index (Phi) is 5.55. The maximum Gasteiger partial charge on any atom is 0.329 e. The fraction of sp³-hybridized carbons (Fsp3) is 1.00. The summed E-state index contributed by atoms with van der Waals surface area (Å²) in [4.78, 5) is 17.8. The Balaban J connectivity index is 2.08. The molecule has 1 saturated heterocycles. The summed E-state index contributed by atoms with van der Waals surface area (Å²) in [5.74, 6) is 0.0400. The highest BCUT2D eigenvalue weighted by molar-refractivity contribution is 7.40. The van der Waals surface area contributed by atoms with E-state index in [0.29, 0.717) is 19.8 Å². The molecule has 78 valence electrons. The highest BCUT2D eigenvalue weighted by atomic mass is 31.2. The predicted molar refractivity (Wildman–Crippen MR) is 46.6 cm³/mol. The highest BCUT2D eigenvalue weighted by Crippen LogP contribution is 2.39. The molecule has 1 unspecified atom stereocenters. The maximum absolute atomic E-state index is 8.93. The second-order valence-corrected chi connectivity index (χ2v) is 4.50. The fourth-order valence-electron chi connectivity index (χ4n) is 0.742. The van der Waals surface area contributed by atoms with Crippen molar-refractivity contribution in [2.24, 2.45) is 5.92 Å². The van der Waals surface area contributed by atoms with E-state index >= 15 is 0 Å². The van der Waals surface area contributed by atoms with Gasteiger partial charge in [-0.15, -0.1) is 0 Å². The van der Waals surface area contributed by atoms with Crippen LogP contribution in [-0.4, -0.2) is 36.7 Å². The summed E-state index contributed by atoms with van der Waals surface area (Å²) in [5, 5.41) is 0. The molecule has 1 atom stereocenters. The second kappa shape index (κ2) is 6.17. The quantitative estimate of drug-likeness (QED) is 0.694. The van der Waals surface area contributed by atoms with Crippen molar-refractivity contribution in [2.45, 2.75) is 0 Å². The lowest BCUT2D eigenvalue weighted by atomic mass is 10.2. The zero-order chi connectivity index (χ0) is 9.68. The summed E-state index contributed by atoms with van der Waals surface area (Å²) in [6.45, 7) is 1.07. The first kappa shape index (κ1) is 11.7. The molecule has 0 saturated carbocycles. The molecular weight excluding hydrogens is 218 g/mol. The molecule has 0 radical (unpaired) electrons. The van der Waals surface area contributed by atoms with E-state index in [-0.39, 0.29) is 5.92 Å². The van der Waals surface area contributed by atoms with Gasteiger partial charge in [-0.05, 0) is 0 Å².